The summed E-state index contributed by atoms with van der Waals surface area (Å²) < 4.78 is 0. The van der Waals surface area contributed by atoms with Crippen LogP contribution in [0.15, 0.2) is 30.3 Å². The zero-order chi connectivity index (χ0) is 15.4. The predicted molar refractivity (Wildman–Crippen MR) is 84.1 cm³/mol. The van der Waals surface area contributed by atoms with Crippen LogP contribution in [0.3, 0.4) is 0 Å². The van der Waals surface area contributed by atoms with Crippen molar-refractivity contribution in [3.8, 4) is 0 Å². The van der Waals surface area contributed by atoms with Crippen LogP contribution in [-0.2, 0) is 6.42 Å². The highest BCUT2D eigenvalue weighted by molar-refractivity contribution is 6.34. The van der Waals surface area contributed by atoms with E-state index in [2.05, 4.69) is 15.5 Å². The van der Waals surface area contributed by atoms with Gasteiger partial charge in [0.25, 0.3) is 5.91 Å². The lowest BCUT2D eigenvalue weighted by Gasteiger charge is -2.15. The summed E-state index contributed by atoms with van der Waals surface area (Å²) in [5.41, 5.74) is 1.16. The fourth-order valence-electron chi connectivity index (χ4n) is 1.86. The van der Waals surface area contributed by atoms with Gasteiger partial charge >= 0.3 is 0 Å². The number of rotatable bonds is 4. The molecular weight excluding hydrogens is 333 g/mol. The molecule has 2 rings (SSSR count). The molecular formula is C14H12Cl3N3O. The molecule has 0 bridgehead atoms. The van der Waals surface area contributed by atoms with Crippen LogP contribution in [0.25, 0.3) is 0 Å². The molecule has 0 aliphatic carbocycles. The van der Waals surface area contributed by atoms with Crippen molar-refractivity contribution in [3.63, 3.8) is 0 Å². The molecule has 21 heavy (non-hydrogen) atoms. The van der Waals surface area contributed by atoms with Gasteiger partial charge in [0.2, 0.25) is 0 Å². The molecule has 1 aromatic heterocycles. The summed E-state index contributed by atoms with van der Waals surface area (Å²) in [5, 5.41) is 10.8. The highest BCUT2D eigenvalue weighted by atomic mass is 35.5. The second kappa shape index (κ2) is 7.07. The summed E-state index contributed by atoms with van der Waals surface area (Å²) in [6.45, 7) is 1.88. The molecule has 0 radical (unpaired) electrons. The molecule has 2 aromatic rings. The smallest absolute Gasteiger partial charge is 0.254 e. The molecule has 1 N–H and O–H groups in total. The number of aromatic nitrogens is 2. The number of nitrogens with zero attached hydrogens (tertiary/aromatic N) is 2. The quantitative estimate of drug-likeness (QED) is 0.918. The van der Waals surface area contributed by atoms with Crippen LogP contribution < -0.4 is 5.32 Å². The molecule has 0 aliphatic rings. The molecule has 0 saturated heterocycles. The van der Waals surface area contributed by atoms with Crippen molar-refractivity contribution in [3.05, 3.63) is 56.8 Å². The van der Waals surface area contributed by atoms with Crippen LogP contribution in [0.4, 0.5) is 0 Å². The molecule has 0 fully saturated rings. The van der Waals surface area contributed by atoms with Crippen molar-refractivity contribution >= 4 is 40.7 Å². The van der Waals surface area contributed by atoms with E-state index in [1.165, 1.54) is 6.07 Å². The van der Waals surface area contributed by atoms with Gasteiger partial charge in [-0.3, -0.25) is 4.79 Å². The van der Waals surface area contributed by atoms with Gasteiger partial charge in [0.05, 0.1) is 5.56 Å². The number of carbonyl (C=O) groups excluding carboxylic acids is 1. The molecule has 7 heteroatoms. The van der Waals surface area contributed by atoms with Gasteiger partial charge in [0.15, 0.2) is 10.3 Å². The second-order valence-electron chi connectivity index (χ2n) is 4.54. The summed E-state index contributed by atoms with van der Waals surface area (Å²) in [4.78, 5) is 12.1. The van der Waals surface area contributed by atoms with Crippen molar-refractivity contribution in [2.75, 3.05) is 0 Å². The number of hydrogen-bond acceptors (Lipinski definition) is 3. The van der Waals surface area contributed by atoms with Gasteiger partial charge < -0.3 is 5.32 Å². The van der Waals surface area contributed by atoms with Gasteiger partial charge in [0.1, 0.15) is 0 Å². The number of nitrogens with one attached hydrogen (secondary N) is 1. The first-order chi connectivity index (χ1) is 9.97. The lowest BCUT2D eigenvalue weighted by atomic mass is 10.1. The monoisotopic (exact) mass is 343 g/mol. The Balaban J connectivity index is 2.06. The average molecular weight is 345 g/mol. The molecule has 110 valence electrons. The van der Waals surface area contributed by atoms with E-state index >= 15 is 0 Å². The lowest BCUT2D eigenvalue weighted by Crippen LogP contribution is -2.34. The first-order valence-electron chi connectivity index (χ1n) is 6.20. The van der Waals surface area contributed by atoms with Gasteiger partial charge in [-0.25, -0.2) is 0 Å². The Bertz CT molecular complexity index is 664. The molecule has 1 heterocycles. The molecule has 0 spiro atoms. The van der Waals surface area contributed by atoms with Crippen molar-refractivity contribution < 1.29 is 4.79 Å². The van der Waals surface area contributed by atoms with E-state index in [0.29, 0.717) is 11.4 Å². The fourth-order valence-corrected chi connectivity index (χ4v) is 2.40. The topological polar surface area (TPSA) is 54.9 Å². The van der Waals surface area contributed by atoms with Crippen LogP contribution in [0.1, 0.15) is 22.8 Å². The van der Waals surface area contributed by atoms with Crippen molar-refractivity contribution in [1.29, 1.82) is 0 Å². The van der Waals surface area contributed by atoms with Gasteiger partial charge in [0, 0.05) is 11.1 Å². The number of halogens is 3. The minimum absolute atomic E-state index is 0.0156. The largest absolute Gasteiger partial charge is 0.349 e. The number of carbonyl (C=O) groups is 1. The predicted octanol–water partition coefficient (Wildman–Crippen LogP) is 3.80. The first kappa shape index (κ1) is 16.0. The Labute approximate surface area is 137 Å². The Hall–Kier alpha value is -1.36. The minimum Gasteiger partial charge on any atom is -0.349 e. The van der Waals surface area contributed by atoms with E-state index in [-0.39, 0.29) is 27.8 Å². The average Bonchev–Trinajstić information content (AvgIpc) is 2.44. The van der Waals surface area contributed by atoms with Crippen molar-refractivity contribution in [2.24, 2.45) is 0 Å². The number of hydrogen-bond donors (Lipinski definition) is 1. The normalized spacial score (nSPS) is 12.0. The molecule has 1 atom stereocenters. The Kier molecular flexibility index (Phi) is 5.39. The van der Waals surface area contributed by atoms with E-state index in [0.717, 1.165) is 5.56 Å². The van der Waals surface area contributed by atoms with E-state index in [1.807, 2.05) is 31.2 Å². The molecule has 1 amide bonds. The summed E-state index contributed by atoms with van der Waals surface area (Å²) in [6.07, 6.45) is 0.606. The van der Waals surface area contributed by atoms with Crippen LogP contribution in [-0.4, -0.2) is 22.1 Å². The lowest BCUT2D eigenvalue weighted by molar-refractivity contribution is 0.0939. The van der Waals surface area contributed by atoms with E-state index < -0.39 is 0 Å². The standard InChI is InChI=1S/C14H12Cl3N3O/c1-8(6-9-4-2-3-5-11(9)15)18-14(21)10-7-12(16)19-20-13(10)17/h2-5,7-8H,6H2,1H3,(H,18,21). The van der Waals surface area contributed by atoms with Gasteiger partial charge in [-0.15, -0.1) is 10.2 Å². The van der Waals surface area contributed by atoms with Gasteiger partial charge in [-0.1, -0.05) is 53.0 Å². The Morgan fingerprint density at radius 2 is 1.95 bits per heavy atom. The Morgan fingerprint density at radius 1 is 1.24 bits per heavy atom. The Morgan fingerprint density at radius 3 is 2.67 bits per heavy atom. The van der Waals surface area contributed by atoms with E-state index in [4.69, 9.17) is 34.8 Å². The fraction of sp³-hybridized carbons (Fsp3) is 0.214. The third-order valence-electron chi connectivity index (χ3n) is 2.83. The SMILES string of the molecule is CC(Cc1ccccc1Cl)NC(=O)c1cc(Cl)nnc1Cl. The van der Waals surface area contributed by atoms with Crippen LogP contribution in [0, 0.1) is 0 Å². The third kappa shape index (κ3) is 4.30. The maximum absolute atomic E-state index is 12.1. The highest BCUT2D eigenvalue weighted by Gasteiger charge is 2.16. The van der Waals surface area contributed by atoms with Crippen LogP contribution >= 0.6 is 34.8 Å². The first-order valence-corrected chi connectivity index (χ1v) is 7.33. The molecule has 0 saturated carbocycles. The molecule has 4 nitrogen and oxygen atoms in total. The van der Waals surface area contributed by atoms with E-state index in [1.54, 1.807) is 0 Å². The maximum atomic E-state index is 12.1. The summed E-state index contributed by atoms with van der Waals surface area (Å²) >= 11 is 17.7. The molecule has 0 aliphatic heterocycles. The zero-order valence-electron chi connectivity index (χ0n) is 11.1. The van der Waals surface area contributed by atoms with Crippen molar-refractivity contribution in [1.82, 2.24) is 15.5 Å². The van der Waals surface area contributed by atoms with Crippen LogP contribution in [0.5, 0.6) is 0 Å². The minimum atomic E-state index is -0.351. The van der Waals surface area contributed by atoms with E-state index in [9.17, 15) is 4.79 Å². The van der Waals surface area contributed by atoms with Crippen LogP contribution in [0.2, 0.25) is 15.3 Å². The second-order valence-corrected chi connectivity index (χ2v) is 5.69. The molecule has 1 unspecified atom stereocenters. The summed E-state index contributed by atoms with van der Waals surface area (Å²) in [7, 11) is 0. The third-order valence-corrected chi connectivity index (χ3v) is 3.66. The molecule has 1 aromatic carbocycles. The zero-order valence-corrected chi connectivity index (χ0v) is 13.4. The number of amides is 1. The summed E-state index contributed by atoms with van der Waals surface area (Å²) in [6, 6.07) is 8.76. The van der Waals surface area contributed by atoms with Gasteiger partial charge in [-0.05, 0) is 31.0 Å². The van der Waals surface area contributed by atoms with Crippen molar-refractivity contribution in [2.45, 2.75) is 19.4 Å². The maximum Gasteiger partial charge on any atom is 0.254 e. The number of benzene rings is 1. The van der Waals surface area contributed by atoms with Gasteiger partial charge in [-0.2, -0.15) is 0 Å². The summed E-state index contributed by atoms with van der Waals surface area (Å²) in [5.74, 6) is -0.351. The highest BCUT2D eigenvalue weighted by Crippen LogP contribution is 2.18.